The van der Waals surface area contributed by atoms with Gasteiger partial charge in [-0.05, 0) is 11.6 Å². The topological polar surface area (TPSA) is 47.0 Å². The molecule has 0 saturated carbocycles. The Labute approximate surface area is 80.5 Å². The molecule has 0 spiro atoms. The third kappa shape index (κ3) is 2.93. The first-order chi connectivity index (χ1) is 5.90. The Balaban J connectivity index is 3.10. The van der Waals surface area contributed by atoms with Crippen LogP contribution < -0.4 is 0 Å². The highest BCUT2D eigenvalue weighted by Crippen LogP contribution is 2.19. The molecule has 6 heteroatoms. The van der Waals surface area contributed by atoms with Gasteiger partial charge in [0.05, 0.1) is 10.8 Å². The number of hydrogen-bond donors (Lipinski definition) is 0. The van der Waals surface area contributed by atoms with E-state index in [9.17, 15) is 12.8 Å². The normalized spacial score (nSPS) is 11.6. The van der Waals surface area contributed by atoms with Crippen LogP contribution in [-0.2, 0) is 15.6 Å². The Morgan fingerprint density at radius 2 is 2.23 bits per heavy atom. The average Bonchev–Trinajstić information content (AvgIpc) is 1.96. The van der Waals surface area contributed by atoms with Crippen LogP contribution in [0.25, 0.3) is 0 Å². The van der Waals surface area contributed by atoms with Gasteiger partial charge in [-0.1, -0.05) is 11.6 Å². The van der Waals surface area contributed by atoms with E-state index in [-0.39, 0.29) is 16.3 Å². The molecule has 0 atom stereocenters. The standard InChI is InChI=1S/C7H7ClFNO2S/c1-13(11,12)4-5-2-3-10-7(9)6(5)8/h2-3H,4H2,1H3. The predicted molar refractivity (Wildman–Crippen MR) is 47.8 cm³/mol. The van der Waals surface area contributed by atoms with E-state index >= 15 is 0 Å². The van der Waals surface area contributed by atoms with E-state index in [1.54, 1.807) is 0 Å². The summed E-state index contributed by atoms with van der Waals surface area (Å²) in [6, 6.07) is 1.38. The van der Waals surface area contributed by atoms with E-state index in [0.717, 1.165) is 6.26 Å². The lowest BCUT2D eigenvalue weighted by Gasteiger charge is -2.01. The molecule has 13 heavy (non-hydrogen) atoms. The van der Waals surface area contributed by atoms with E-state index in [1.807, 2.05) is 0 Å². The molecule has 0 aliphatic rings. The zero-order valence-electron chi connectivity index (χ0n) is 6.79. The molecule has 1 aromatic heterocycles. The molecule has 0 aliphatic carbocycles. The van der Waals surface area contributed by atoms with Crippen molar-refractivity contribution in [1.82, 2.24) is 4.98 Å². The molecule has 0 N–H and O–H groups in total. The average molecular weight is 224 g/mol. The monoisotopic (exact) mass is 223 g/mol. The molecular formula is C7H7ClFNO2S. The lowest BCUT2D eigenvalue weighted by molar-refractivity contribution is 0.581. The van der Waals surface area contributed by atoms with E-state index in [2.05, 4.69) is 4.98 Å². The van der Waals surface area contributed by atoms with Gasteiger partial charge >= 0.3 is 0 Å². The summed E-state index contributed by atoms with van der Waals surface area (Å²) in [7, 11) is -3.20. The van der Waals surface area contributed by atoms with Crippen molar-refractivity contribution >= 4 is 21.4 Å². The minimum Gasteiger partial charge on any atom is -0.229 e. The largest absolute Gasteiger partial charge is 0.231 e. The van der Waals surface area contributed by atoms with Crippen LogP contribution in [0.5, 0.6) is 0 Å². The quantitative estimate of drug-likeness (QED) is 0.713. The van der Waals surface area contributed by atoms with Gasteiger partial charge in [0.25, 0.3) is 0 Å². The maximum absolute atomic E-state index is 12.7. The zero-order valence-corrected chi connectivity index (χ0v) is 8.36. The zero-order chi connectivity index (χ0) is 10.1. The number of rotatable bonds is 2. The highest BCUT2D eigenvalue weighted by Gasteiger charge is 2.11. The maximum atomic E-state index is 12.7. The highest BCUT2D eigenvalue weighted by atomic mass is 35.5. The third-order valence-corrected chi connectivity index (χ3v) is 2.58. The highest BCUT2D eigenvalue weighted by molar-refractivity contribution is 7.89. The summed E-state index contributed by atoms with van der Waals surface area (Å²) in [5, 5.41) is -0.229. The van der Waals surface area contributed by atoms with Crippen molar-refractivity contribution in [3.8, 4) is 0 Å². The number of hydrogen-bond acceptors (Lipinski definition) is 3. The van der Waals surface area contributed by atoms with Gasteiger partial charge in [-0.2, -0.15) is 4.39 Å². The van der Waals surface area contributed by atoms with Gasteiger partial charge in [0.15, 0.2) is 9.84 Å². The molecule has 1 aromatic rings. The minimum atomic E-state index is -3.20. The van der Waals surface area contributed by atoms with Gasteiger partial charge in [0.2, 0.25) is 5.95 Å². The fourth-order valence-corrected chi connectivity index (χ4v) is 1.91. The van der Waals surface area contributed by atoms with Crippen LogP contribution in [0.1, 0.15) is 5.56 Å². The molecule has 0 aliphatic heterocycles. The summed E-state index contributed by atoms with van der Waals surface area (Å²) in [6.45, 7) is 0. The lowest BCUT2D eigenvalue weighted by Crippen LogP contribution is -2.02. The number of pyridine rings is 1. The molecule has 0 amide bonds. The molecule has 0 saturated heterocycles. The molecule has 0 bridgehead atoms. The fourth-order valence-electron chi connectivity index (χ4n) is 0.849. The van der Waals surface area contributed by atoms with Crippen molar-refractivity contribution in [3.05, 3.63) is 28.8 Å². The molecule has 3 nitrogen and oxygen atoms in total. The third-order valence-electron chi connectivity index (χ3n) is 1.34. The van der Waals surface area contributed by atoms with Crippen LogP contribution in [0.4, 0.5) is 4.39 Å². The van der Waals surface area contributed by atoms with Crippen molar-refractivity contribution in [1.29, 1.82) is 0 Å². The molecule has 0 radical (unpaired) electrons. The van der Waals surface area contributed by atoms with Gasteiger partial charge in [-0.15, -0.1) is 0 Å². The van der Waals surface area contributed by atoms with Crippen molar-refractivity contribution in [3.63, 3.8) is 0 Å². The Bertz CT molecular complexity index is 419. The number of nitrogens with zero attached hydrogens (tertiary/aromatic N) is 1. The van der Waals surface area contributed by atoms with Crippen molar-refractivity contribution in [2.75, 3.05) is 6.26 Å². The van der Waals surface area contributed by atoms with Gasteiger partial charge < -0.3 is 0 Å². The van der Waals surface area contributed by atoms with E-state index in [1.165, 1.54) is 12.3 Å². The molecule has 1 heterocycles. The second-order valence-electron chi connectivity index (χ2n) is 2.64. The number of halogens is 2. The maximum Gasteiger partial charge on any atom is 0.231 e. The summed E-state index contributed by atoms with van der Waals surface area (Å²) in [5.41, 5.74) is 0.233. The van der Waals surface area contributed by atoms with Crippen LogP contribution in [-0.4, -0.2) is 19.7 Å². The van der Waals surface area contributed by atoms with E-state index < -0.39 is 15.8 Å². The smallest absolute Gasteiger partial charge is 0.229 e. The Morgan fingerprint density at radius 3 is 2.77 bits per heavy atom. The van der Waals surface area contributed by atoms with Gasteiger partial charge in [-0.3, -0.25) is 0 Å². The van der Waals surface area contributed by atoms with Crippen molar-refractivity contribution in [2.45, 2.75) is 5.75 Å². The molecular weight excluding hydrogens is 217 g/mol. The number of aromatic nitrogens is 1. The predicted octanol–water partition coefficient (Wildman–Crippen LogP) is 1.42. The van der Waals surface area contributed by atoms with Gasteiger partial charge in [-0.25, -0.2) is 13.4 Å². The van der Waals surface area contributed by atoms with Crippen LogP contribution in [0.2, 0.25) is 5.02 Å². The van der Waals surface area contributed by atoms with Crippen molar-refractivity contribution in [2.24, 2.45) is 0 Å². The van der Waals surface area contributed by atoms with E-state index in [0.29, 0.717) is 0 Å². The molecule has 0 aromatic carbocycles. The fraction of sp³-hybridized carbons (Fsp3) is 0.286. The summed E-state index contributed by atoms with van der Waals surface area (Å²) < 4.78 is 34.4. The summed E-state index contributed by atoms with van der Waals surface area (Å²) in [4.78, 5) is 3.28. The minimum absolute atomic E-state index is 0.229. The Kier molecular flexibility index (Phi) is 2.87. The lowest BCUT2D eigenvalue weighted by atomic mass is 10.3. The molecule has 1 rings (SSSR count). The Hall–Kier alpha value is -0.680. The molecule has 0 fully saturated rings. The second-order valence-corrected chi connectivity index (χ2v) is 5.16. The van der Waals surface area contributed by atoms with Gasteiger partial charge in [0.1, 0.15) is 0 Å². The van der Waals surface area contributed by atoms with E-state index in [4.69, 9.17) is 11.6 Å². The van der Waals surface area contributed by atoms with Gasteiger partial charge in [0, 0.05) is 12.5 Å². The van der Waals surface area contributed by atoms with Crippen LogP contribution in [0.3, 0.4) is 0 Å². The Morgan fingerprint density at radius 1 is 1.62 bits per heavy atom. The number of sulfone groups is 1. The van der Waals surface area contributed by atoms with Crippen LogP contribution in [0, 0.1) is 5.95 Å². The first-order valence-electron chi connectivity index (χ1n) is 3.37. The van der Waals surface area contributed by atoms with Crippen LogP contribution in [0.15, 0.2) is 12.3 Å². The molecule has 72 valence electrons. The first-order valence-corrected chi connectivity index (χ1v) is 5.80. The van der Waals surface area contributed by atoms with Crippen molar-refractivity contribution < 1.29 is 12.8 Å². The summed E-state index contributed by atoms with van der Waals surface area (Å²) in [5.74, 6) is -1.12. The van der Waals surface area contributed by atoms with Crippen LogP contribution >= 0.6 is 11.6 Å². The first kappa shape index (κ1) is 10.4. The summed E-state index contributed by atoms with van der Waals surface area (Å²) in [6.07, 6.45) is 2.24. The molecule has 0 unspecified atom stereocenters. The summed E-state index contributed by atoms with van der Waals surface area (Å²) >= 11 is 5.50. The SMILES string of the molecule is CS(=O)(=O)Cc1ccnc(F)c1Cl. The second kappa shape index (κ2) is 3.59.